The Morgan fingerprint density at radius 1 is 1.50 bits per heavy atom. The van der Waals surface area contributed by atoms with Crippen LogP contribution in [0.5, 0.6) is 0 Å². The van der Waals surface area contributed by atoms with Gasteiger partial charge in [0.25, 0.3) is 0 Å². The molecule has 0 aromatic heterocycles. The van der Waals surface area contributed by atoms with Crippen molar-refractivity contribution in [3.8, 4) is 0 Å². The molecule has 0 amide bonds. The molecule has 0 radical (unpaired) electrons. The van der Waals surface area contributed by atoms with E-state index in [9.17, 15) is 4.79 Å². The van der Waals surface area contributed by atoms with E-state index in [0.29, 0.717) is 19.8 Å². The highest BCUT2D eigenvalue weighted by molar-refractivity contribution is 9.25. The molecule has 1 saturated heterocycles. The molecule has 1 aliphatic rings. The van der Waals surface area contributed by atoms with E-state index in [2.05, 4.69) is 57.9 Å². The maximum atomic E-state index is 11.7. The molecule has 6 heteroatoms. The van der Waals surface area contributed by atoms with Crippen LogP contribution in [0, 0.1) is 5.41 Å². The second kappa shape index (κ2) is 5.33. The van der Waals surface area contributed by atoms with Crippen molar-refractivity contribution < 1.29 is 14.3 Å². The maximum Gasteiger partial charge on any atom is 0.348 e. The standard InChI is InChI=1S/C10H17Br2NO3/c1-9(2,3)6-13-10(11,12)8(14)16-5-7-4-15-7/h7,13H,4-6H2,1-3H3. The minimum Gasteiger partial charge on any atom is -0.460 e. The van der Waals surface area contributed by atoms with Crippen molar-refractivity contribution in [2.45, 2.75) is 30.2 Å². The minimum atomic E-state index is -1.01. The normalized spacial score (nSPS) is 20.7. The van der Waals surface area contributed by atoms with Gasteiger partial charge in [-0.15, -0.1) is 0 Å². The highest BCUT2D eigenvalue weighted by atomic mass is 79.9. The first-order chi connectivity index (χ1) is 7.21. The summed E-state index contributed by atoms with van der Waals surface area (Å²) in [6, 6.07) is 0. The van der Waals surface area contributed by atoms with Gasteiger partial charge in [0.15, 0.2) is 0 Å². The van der Waals surface area contributed by atoms with Gasteiger partial charge in [0, 0.05) is 6.54 Å². The molecular weight excluding hydrogens is 342 g/mol. The summed E-state index contributed by atoms with van der Waals surface area (Å²) in [5.74, 6) is -0.382. The molecule has 1 rings (SSSR count). The van der Waals surface area contributed by atoms with Gasteiger partial charge >= 0.3 is 5.97 Å². The Kier molecular flexibility index (Phi) is 4.80. The van der Waals surface area contributed by atoms with E-state index in [4.69, 9.17) is 9.47 Å². The minimum absolute atomic E-state index is 0.0855. The van der Waals surface area contributed by atoms with Crippen LogP contribution in [0.25, 0.3) is 0 Å². The topological polar surface area (TPSA) is 50.9 Å². The van der Waals surface area contributed by atoms with Crippen LogP contribution in [-0.2, 0) is 14.3 Å². The van der Waals surface area contributed by atoms with Crippen molar-refractivity contribution in [2.75, 3.05) is 19.8 Å². The molecule has 16 heavy (non-hydrogen) atoms. The Labute approximate surface area is 113 Å². The number of alkyl halides is 2. The summed E-state index contributed by atoms with van der Waals surface area (Å²) in [5.41, 5.74) is 0.0900. The first-order valence-corrected chi connectivity index (χ1v) is 6.71. The number of hydrogen-bond acceptors (Lipinski definition) is 4. The summed E-state index contributed by atoms with van der Waals surface area (Å²) in [6.45, 7) is 7.92. The van der Waals surface area contributed by atoms with Gasteiger partial charge in [-0.25, -0.2) is 4.79 Å². The molecule has 0 saturated carbocycles. The first-order valence-electron chi connectivity index (χ1n) is 5.12. The SMILES string of the molecule is CC(C)(C)CNC(Br)(Br)C(=O)OCC1CO1. The van der Waals surface area contributed by atoms with E-state index in [1.165, 1.54) is 0 Å². The molecular formula is C10H17Br2NO3. The van der Waals surface area contributed by atoms with Gasteiger partial charge in [0.05, 0.1) is 6.61 Å². The summed E-state index contributed by atoms with van der Waals surface area (Å²) >= 11 is 6.52. The Balaban J connectivity index is 2.32. The number of halogens is 2. The zero-order valence-corrected chi connectivity index (χ0v) is 12.9. The Hall–Kier alpha value is 0.350. The number of esters is 1. The number of ether oxygens (including phenoxy) is 2. The fourth-order valence-electron chi connectivity index (χ4n) is 0.872. The van der Waals surface area contributed by atoms with Crippen LogP contribution in [0.1, 0.15) is 20.8 Å². The fraction of sp³-hybridized carbons (Fsp3) is 0.900. The fourth-order valence-corrected chi connectivity index (χ4v) is 1.38. The second-order valence-corrected chi connectivity index (χ2v) is 8.49. The number of epoxide rings is 1. The first kappa shape index (κ1) is 14.4. The molecule has 1 N–H and O–H groups in total. The zero-order valence-electron chi connectivity index (χ0n) is 9.68. The monoisotopic (exact) mass is 357 g/mol. The predicted molar refractivity (Wildman–Crippen MR) is 68.7 cm³/mol. The van der Waals surface area contributed by atoms with Gasteiger partial charge in [-0.05, 0) is 37.3 Å². The van der Waals surface area contributed by atoms with Crippen molar-refractivity contribution in [1.82, 2.24) is 5.32 Å². The molecule has 1 fully saturated rings. The average Bonchev–Trinajstić information content (AvgIpc) is 2.93. The number of rotatable bonds is 5. The van der Waals surface area contributed by atoms with Crippen molar-refractivity contribution in [2.24, 2.45) is 5.41 Å². The lowest BCUT2D eigenvalue weighted by molar-refractivity contribution is -0.144. The van der Waals surface area contributed by atoms with Crippen LogP contribution in [0.4, 0.5) is 0 Å². The van der Waals surface area contributed by atoms with E-state index < -0.39 is 3.36 Å². The third kappa shape index (κ3) is 5.61. The van der Waals surface area contributed by atoms with Crippen LogP contribution < -0.4 is 5.32 Å². The number of hydrogen-bond donors (Lipinski definition) is 1. The quantitative estimate of drug-likeness (QED) is 0.353. The molecule has 4 nitrogen and oxygen atoms in total. The third-order valence-corrected chi connectivity index (χ3v) is 3.11. The molecule has 1 heterocycles. The predicted octanol–water partition coefficient (Wildman–Crippen LogP) is 2.01. The van der Waals surface area contributed by atoms with E-state index in [1.807, 2.05) is 0 Å². The van der Waals surface area contributed by atoms with Gasteiger partial charge < -0.3 is 9.47 Å². The van der Waals surface area contributed by atoms with Gasteiger partial charge in [0.1, 0.15) is 12.7 Å². The summed E-state index contributed by atoms with van der Waals surface area (Å²) < 4.78 is 9.02. The van der Waals surface area contributed by atoms with Gasteiger partial charge in [-0.2, -0.15) is 0 Å². The summed E-state index contributed by atoms with van der Waals surface area (Å²) in [7, 11) is 0. The Morgan fingerprint density at radius 3 is 2.50 bits per heavy atom. The summed E-state index contributed by atoms with van der Waals surface area (Å²) in [6.07, 6.45) is 0.0855. The Morgan fingerprint density at radius 2 is 2.06 bits per heavy atom. The van der Waals surface area contributed by atoms with Crippen LogP contribution in [0.3, 0.4) is 0 Å². The van der Waals surface area contributed by atoms with E-state index in [-0.39, 0.29) is 17.5 Å². The smallest absolute Gasteiger partial charge is 0.348 e. The van der Waals surface area contributed by atoms with Gasteiger partial charge in [-0.3, -0.25) is 5.32 Å². The van der Waals surface area contributed by atoms with E-state index in [1.54, 1.807) is 0 Å². The summed E-state index contributed by atoms with van der Waals surface area (Å²) in [4.78, 5) is 11.7. The van der Waals surface area contributed by atoms with Crippen LogP contribution in [-0.4, -0.2) is 35.2 Å². The molecule has 0 aromatic rings. The van der Waals surface area contributed by atoms with Crippen molar-refractivity contribution >= 4 is 37.8 Å². The van der Waals surface area contributed by atoms with Crippen LogP contribution in [0.2, 0.25) is 0 Å². The van der Waals surface area contributed by atoms with E-state index in [0.717, 1.165) is 0 Å². The van der Waals surface area contributed by atoms with Crippen LogP contribution in [0.15, 0.2) is 0 Å². The molecule has 0 spiro atoms. The Bertz CT molecular complexity index is 259. The molecule has 1 aliphatic heterocycles. The van der Waals surface area contributed by atoms with Gasteiger partial charge in [-0.1, -0.05) is 20.8 Å². The lowest BCUT2D eigenvalue weighted by atomic mass is 9.97. The molecule has 0 aliphatic carbocycles. The molecule has 94 valence electrons. The summed E-state index contributed by atoms with van der Waals surface area (Å²) in [5, 5.41) is 3.06. The average molecular weight is 359 g/mol. The zero-order chi connectivity index (χ0) is 12.4. The van der Waals surface area contributed by atoms with Crippen LogP contribution >= 0.6 is 31.9 Å². The largest absolute Gasteiger partial charge is 0.460 e. The maximum absolute atomic E-state index is 11.7. The number of carbonyl (C=O) groups excluding carboxylic acids is 1. The molecule has 0 aromatic carbocycles. The van der Waals surface area contributed by atoms with Gasteiger partial charge in [0.2, 0.25) is 3.36 Å². The molecule has 1 atom stereocenters. The lowest BCUT2D eigenvalue weighted by Crippen LogP contribution is -2.46. The highest BCUT2D eigenvalue weighted by Gasteiger charge is 2.36. The van der Waals surface area contributed by atoms with Crippen molar-refractivity contribution in [1.29, 1.82) is 0 Å². The van der Waals surface area contributed by atoms with Crippen molar-refractivity contribution in [3.63, 3.8) is 0 Å². The molecule has 1 unspecified atom stereocenters. The second-order valence-electron chi connectivity index (χ2n) is 5.04. The third-order valence-electron chi connectivity index (χ3n) is 1.90. The number of carbonyl (C=O) groups is 1. The lowest BCUT2D eigenvalue weighted by Gasteiger charge is -2.26. The van der Waals surface area contributed by atoms with Crippen molar-refractivity contribution in [3.05, 3.63) is 0 Å². The van der Waals surface area contributed by atoms with E-state index >= 15 is 0 Å². The molecule has 0 bridgehead atoms. The number of nitrogens with one attached hydrogen (secondary N) is 1. The highest BCUT2D eigenvalue weighted by Crippen LogP contribution is 2.26.